The highest BCUT2D eigenvalue weighted by Crippen LogP contribution is 2.15. The van der Waals surface area contributed by atoms with Crippen LogP contribution >= 0.6 is 0 Å². The van der Waals surface area contributed by atoms with Gasteiger partial charge in [-0.25, -0.2) is 0 Å². The van der Waals surface area contributed by atoms with Crippen LogP contribution in [0.25, 0.3) is 0 Å². The Balaban J connectivity index is 2.29. The molecule has 1 atom stereocenters. The molecule has 1 rings (SSSR count). The summed E-state index contributed by atoms with van der Waals surface area (Å²) in [7, 11) is 0. The van der Waals surface area contributed by atoms with Crippen LogP contribution in [0.5, 0.6) is 0 Å². The van der Waals surface area contributed by atoms with E-state index in [2.05, 4.69) is 13.2 Å². The largest absolute Gasteiger partial charge is 0.462 e. The quantitative estimate of drug-likeness (QED) is 0.521. The molecule has 1 unspecified atom stereocenters. The molecule has 1 fully saturated rings. The number of rotatable bonds is 2. The third-order valence-corrected chi connectivity index (χ3v) is 1.16. The third kappa shape index (κ3) is 1.49. The molecule has 1 saturated heterocycles. The smallest absolute Gasteiger partial charge is 0.272 e. The number of ether oxygens (including phenoxy) is 2. The van der Waals surface area contributed by atoms with Gasteiger partial charge >= 0.3 is 0 Å². The van der Waals surface area contributed by atoms with Crippen LogP contribution in [-0.4, -0.2) is 12.7 Å². The van der Waals surface area contributed by atoms with Crippen molar-refractivity contribution >= 4 is 0 Å². The van der Waals surface area contributed by atoms with Crippen LogP contribution in [0, 0.1) is 0 Å². The molecule has 2 heteroatoms. The Morgan fingerprint density at radius 1 is 1.78 bits per heavy atom. The first kappa shape index (κ1) is 6.20. The fourth-order valence-electron chi connectivity index (χ4n) is 0.742. The van der Waals surface area contributed by atoms with Crippen LogP contribution in [0.2, 0.25) is 0 Å². The molecule has 0 bridgehead atoms. The molecule has 1 aliphatic rings. The Hall–Kier alpha value is -0.920. The van der Waals surface area contributed by atoms with Crippen LogP contribution in [0.4, 0.5) is 0 Å². The van der Waals surface area contributed by atoms with Gasteiger partial charge < -0.3 is 9.47 Å². The highest BCUT2D eigenvalue weighted by atomic mass is 16.7. The maximum atomic E-state index is 5.11. The van der Waals surface area contributed by atoms with Crippen molar-refractivity contribution in [3.8, 4) is 0 Å². The minimum absolute atomic E-state index is 0.148. The normalized spacial score (nSPS) is 24.9. The summed E-state index contributed by atoms with van der Waals surface area (Å²) in [6.45, 7) is 7.71. The zero-order valence-electron chi connectivity index (χ0n) is 5.30. The van der Waals surface area contributed by atoms with Gasteiger partial charge in [0.25, 0.3) is 5.95 Å². The van der Waals surface area contributed by atoms with Crippen LogP contribution in [0.15, 0.2) is 25.2 Å². The van der Waals surface area contributed by atoms with Gasteiger partial charge in [-0.2, -0.15) is 0 Å². The molecule has 2 nitrogen and oxygen atoms in total. The molecule has 0 aromatic carbocycles. The van der Waals surface area contributed by atoms with Crippen molar-refractivity contribution in [2.75, 3.05) is 6.61 Å². The topological polar surface area (TPSA) is 18.5 Å². The summed E-state index contributed by atoms with van der Waals surface area (Å²) >= 11 is 0. The van der Waals surface area contributed by atoms with E-state index in [9.17, 15) is 0 Å². The second kappa shape index (κ2) is 2.58. The highest BCUT2D eigenvalue weighted by molar-refractivity contribution is 4.83. The van der Waals surface area contributed by atoms with E-state index in [1.165, 1.54) is 0 Å². The minimum Gasteiger partial charge on any atom is -0.462 e. The van der Waals surface area contributed by atoms with Crippen molar-refractivity contribution in [2.24, 2.45) is 0 Å². The molecule has 0 spiro atoms. The predicted octanol–water partition coefficient (Wildman–Crippen LogP) is 1.45. The standard InChI is InChI=1S/C7H10O2/c1-3-4-7-5-8-6(2)9-7/h3,7H,1-2,4-5H2. The second-order valence-corrected chi connectivity index (χ2v) is 1.95. The molecule has 1 heterocycles. The van der Waals surface area contributed by atoms with Gasteiger partial charge in [0.15, 0.2) is 0 Å². The molecule has 1 aliphatic heterocycles. The Labute approximate surface area is 54.8 Å². The van der Waals surface area contributed by atoms with Crippen molar-refractivity contribution in [3.63, 3.8) is 0 Å². The van der Waals surface area contributed by atoms with Crippen molar-refractivity contribution in [2.45, 2.75) is 12.5 Å². The van der Waals surface area contributed by atoms with Crippen molar-refractivity contribution < 1.29 is 9.47 Å². The molecule has 0 amide bonds. The molecule has 9 heavy (non-hydrogen) atoms. The summed E-state index contributed by atoms with van der Waals surface area (Å²) in [5.74, 6) is 0.432. The van der Waals surface area contributed by atoms with Gasteiger partial charge in [0.1, 0.15) is 12.7 Å². The Morgan fingerprint density at radius 3 is 3.00 bits per heavy atom. The maximum Gasteiger partial charge on any atom is 0.272 e. The van der Waals surface area contributed by atoms with Crippen LogP contribution in [-0.2, 0) is 9.47 Å². The average molecular weight is 126 g/mol. The lowest BCUT2D eigenvalue weighted by Gasteiger charge is -2.00. The first-order valence-corrected chi connectivity index (χ1v) is 2.92. The average Bonchev–Trinajstić information content (AvgIpc) is 2.17. The molecular weight excluding hydrogens is 116 g/mol. The summed E-state index contributed by atoms with van der Waals surface area (Å²) in [5.41, 5.74) is 0. The Morgan fingerprint density at radius 2 is 2.56 bits per heavy atom. The zero-order valence-corrected chi connectivity index (χ0v) is 5.30. The third-order valence-electron chi connectivity index (χ3n) is 1.16. The van der Waals surface area contributed by atoms with Gasteiger partial charge in [-0.3, -0.25) is 0 Å². The van der Waals surface area contributed by atoms with E-state index in [-0.39, 0.29) is 6.10 Å². The van der Waals surface area contributed by atoms with E-state index in [4.69, 9.17) is 9.47 Å². The Kier molecular flexibility index (Phi) is 1.78. The lowest BCUT2D eigenvalue weighted by atomic mass is 10.3. The summed E-state index contributed by atoms with van der Waals surface area (Å²) in [6, 6.07) is 0. The summed E-state index contributed by atoms with van der Waals surface area (Å²) in [5, 5.41) is 0. The molecule has 0 N–H and O–H groups in total. The van der Waals surface area contributed by atoms with Crippen LogP contribution in [0.3, 0.4) is 0 Å². The fraction of sp³-hybridized carbons (Fsp3) is 0.429. The number of hydrogen-bond donors (Lipinski definition) is 0. The van der Waals surface area contributed by atoms with Crippen molar-refractivity contribution in [1.29, 1.82) is 0 Å². The van der Waals surface area contributed by atoms with E-state index < -0.39 is 0 Å². The minimum atomic E-state index is 0.148. The molecule has 50 valence electrons. The lowest BCUT2D eigenvalue weighted by molar-refractivity contribution is 0.145. The SMILES string of the molecule is C=CCC1COC(=C)O1. The molecule has 0 aromatic rings. The van der Waals surface area contributed by atoms with E-state index in [0.29, 0.717) is 12.6 Å². The van der Waals surface area contributed by atoms with E-state index >= 15 is 0 Å². The van der Waals surface area contributed by atoms with Crippen molar-refractivity contribution in [1.82, 2.24) is 0 Å². The zero-order chi connectivity index (χ0) is 6.69. The summed E-state index contributed by atoms with van der Waals surface area (Å²) in [4.78, 5) is 0. The molecular formula is C7H10O2. The first-order chi connectivity index (χ1) is 4.33. The monoisotopic (exact) mass is 126 g/mol. The number of hydrogen-bond acceptors (Lipinski definition) is 2. The van der Waals surface area contributed by atoms with Gasteiger partial charge in [0.05, 0.1) is 0 Å². The predicted molar refractivity (Wildman–Crippen MR) is 34.8 cm³/mol. The van der Waals surface area contributed by atoms with Gasteiger partial charge in [-0.05, 0) is 6.58 Å². The van der Waals surface area contributed by atoms with E-state index in [1.54, 1.807) is 0 Å². The van der Waals surface area contributed by atoms with Gasteiger partial charge in [0.2, 0.25) is 0 Å². The van der Waals surface area contributed by atoms with Gasteiger partial charge in [-0.15, -0.1) is 6.58 Å². The maximum absolute atomic E-state index is 5.11. The first-order valence-electron chi connectivity index (χ1n) is 2.92. The van der Waals surface area contributed by atoms with Crippen molar-refractivity contribution in [3.05, 3.63) is 25.2 Å². The molecule has 0 radical (unpaired) electrons. The highest BCUT2D eigenvalue weighted by Gasteiger charge is 2.17. The fourth-order valence-corrected chi connectivity index (χ4v) is 0.742. The van der Waals surface area contributed by atoms with Gasteiger partial charge in [-0.1, -0.05) is 6.08 Å². The molecule has 0 saturated carbocycles. The second-order valence-electron chi connectivity index (χ2n) is 1.95. The summed E-state index contributed by atoms with van der Waals surface area (Å²) in [6.07, 6.45) is 2.79. The lowest BCUT2D eigenvalue weighted by Crippen LogP contribution is -2.06. The van der Waals surface area contributed by atoms with Crippen LogP contribution < -0.4 is 0 Å². The van der Waals surface area contributed by atoms with E-state index in [0.717, 1.165) is 6.42 Å². The summed E-state index contributed by atoms with van der Waals surface area (Å²) < 4.78 is 10.1. The molecule has 0 aliphatic carbocycles. The van der Waals surface area contributed by atoms with E-state index in [1.807, 2.05) is 6.08 Å². The Bertz CT molecular complexity index is 129. The van der Waals surface area contributed by atoms with Gasteiger partial charge in [0, 0.05) is 6.42 Å². The molecule has 0 aromatic heterocycles. The van der Waals surface area contributed by atoms with Crippen LogP contribution in [0.1, 0.15) is 6.42 Å².